The van der Waals surface area contributed by atoms with Crippen molar-refractivity contribution in [1.82, 2.24) is 15.2 Å². The van der Waals surface area contributed by atoms with E-state index < -0.39 is 25.4 Å². The van der Waals surface area contributed by atoms with E-state index in [9.17, 15) is 19.6 Å². The Bertz CT molecular complexity index is 901. The molecule has 0 aliphatic carbocycles. The molecule has 1 fully saturated rings. The SMILES string of the molecule is COC(=O)N[C@H](C(=O)N1CCC[C@H]1c1ccc(-c2ccc(B(O)O)cc2)[nH]1)[C@@H](C)OC. The quantitative estimate of drug-likeness (QED) is 0.483. The summed E-state index contributed by atoms with van der Waals surface area (Å²) in [5.41, 5.74) is 3.07. The second-order valence-electron chi connectivity index (χ2n) is 7.57. The Morgan fingerprint density at radius 2 is 1.90 bits per heavy atom. The van der Waals surface area contributed by atoms with E-state index in [-0.39, 0.29) is 11.9 Å². The van der Waals surface area contributed by atoms with E-state index >= 15 is 0 Å². The number of hydrogen-bond donors (Lipinski definition) is 4. The number of ether oxygens (including phenoxy) is 2. The van der Waals surface area contributed by atoms with Crippen LogP contribution in [0.5, 0.6) is 0 Å². The van der Waals surface area contributed by atoms with Crippen molar-refractivity contribution in [3.63, 3.8) is 0 Å². The summed E-state index contributed by atoms with van der Waals surface area (Å²) in [5, 5.41) is 21.1. The summed E-state index contributed by atoms with van der Waals surface area (Å²) in [6.07, 6.45) is 0.442. The molecule has 3 rings (SSSR count). The Balaban J connectivity index is 1.79. The van der Waals surface area contributed by atoms with Crippen LogP contribution >= 0.6 is 0 Å². The van der Waals surface area contributed by atoms with Crippen LogP contribution in [0, 0.1) is 0 Å². The van der Waals surface area contributed by atoms with E-state index in [4.69, 9.17) is 4.74 Å². The van der Waals surface area contributed by atoms with Gasteiger partial charge < -0.3 is 34.7 Å². The monoisotopic (exact) mass is 429 g/mol. The summed E-state index contributed by atoms with van der Waals surface area (Å²) in [4.78, 5) is 30.2. The lowest BCUT2D eigenvalue weighted by atomic mass is 9.80. The third-order valence-electron chi connectivity index (χ3n) is 5.69. The molecule has 31 heavy (non-hydrogen) atoms. The fraction of sp³-hybridized carbons (Fsp3) is 0.429. The highest BCUT2D eigenvalue weighted by atomic mass is 16.5. The van der Waals surface area contributed by atoms with Crippen LogP contribution in [-0.4, -0.2) is 72.0 Å². The van der Waals surface area contributed by atoms with Gasteiger partial charge >= 0.3 is 13.2 Å². The molecule has 0 bridgehead atoms. The third-order valence-corrected chi connectivity index (χ3v) is 5.69. The summed E-state index contributed by atoms with van der Waals surface area (Å²) >= 11 is 0. The predicted octanol–water partition coefficient (Wildman–Crippen LogP) is 0.784. The number of H-pyrrole nitrogens is 1. The maximum atomic E-state index is 13.3. The molecular formula is C21H28BN3O6. The number of carbonyl (C=O) groups excluding carboxylic acids is 2. The van der Waals surface area contributed by atoms with E-state index in [1.165, 1.54) is 14.2 Å². The maximum absolute atomic E-state index is 13.3. The second kappa shape index (κ2) is 9.99. The highest BCUT2D eigenvalue weighted by Crippen LogP contribution is 2.33. The van der Waals surface area contributed by atoms with Gasteiger partial charge in [0, 0.05) is 25.0 Å². The first-order chi connectivity index (χ1) is 14.8. The number of hydrogen-bond acceptors (Lipinski definition) is 6. The Morgan fingerprint density at radius 3 is 2.52 bits per heavy atom. The van der Waals surface area contributed by atoms with Crippen LogP contribution in [0.2, 0.25) is 0 Å². The molecule has 0 spiro atoms. The molecule has 2 heterocycles. The largest absolute Gasteiger partial charge is 0.488 e. The normalized spacial score (nSPS) is 17.8. The summed E-state index contributed by atoms with van der Waals surface area (Å²) < 4.78 is 9.97. The van der Waals surface area contributed by atoms with Crippen LogP contribution in [0.4, 0.5) is 4.79 Å². The highest BCUT2D eigenvalue weighted by molar-refractivity contribution is 6.58. The van der Waals surface area contributed by atoms with Gasteiger partial charge in [-0.15, -0.1) is 0 Å². The van der Waals surface area contributed by atoms with Gasteiger partial charge in [-0.1, -0.05) is 24.3 Å². The van der Waals surface area contributed by atoms with Crippen molar-refractivity contribution in [2.75, 3.05) is 20.8 Å². The van der Waals surface area contributed by atoms with Gasteiger partial charge in [0.2, 0.25) is 5.91 Å². The van der Waals surface area contributed by atoms with Gasteiger partial charge in [0.1, 0.15) is 6.04 Å². The third kappa shape index (κ3) is 5.09. The number of aromatic amines is 1. The van der Waals surface area contributed by atoms with Crippen molar-refractivity contribution < 1.29 is 29.1 Å². The Morgan fingerprint density at radius 1 is 1.19 bits per heavy atom. The van der Waals surface area contributed by atoms with Crippen molar-refractivity contribution in [3.05, 3.63) is 42.1 Å². The molecule has 1 aliphatic rings. The van der Waals surface area contributed by atoms with E-state index in [1.54, 1.807) is 36.1 Å². The van der Waals surface area contributed by atoms with Crippen LogP contribution in [0.15, 0.2) is 36.4 Å². The van der Waals surface area contributed by atoms with Crippen molar-refractivity contribution in [3.8, 4) is 11.3 Å². The topological polar surface area (TPSA) is 124 Å². The predicted molar refractivity (Wildman–Crippen MR) is 116 cm³/mol. The van der Waals surface area contributed by atoms with Gasteiger partial charge in [-0.2, -0.15) is 0 Å². The minimum absolute atomic E-state index is 0.147. The van der Waals surface area contributed by atoms with E-state index in [2.05, 4.69) is 15.0 Å². The molecule has 166 valence electrons. The number of likely N-dealkylation sites (tertiary alicyclic amines) is 1. The zero-order valence-electron chi connectivity index (χ0n) is 17.9. The Labute approximate surface area is 181 Å². The van der Waals surface area contributed by atoms with Gasteiger partial charge in [-0.25, -0.2) is 4.79 Å². The summed E-state index contributed by atoms with van der Waals surface area (Å²) in [5.74, 6) is -0.223. The molecule has 1 aromatic heterocycles. The van der Waals surface area contributed by atoms with Crippen LogP contribution in [0.1, 0.15) is 31.5 Å². The van der Waals surface area contributed by atoms with Crippen molar-refractivity contribution in [2.24, 2.45) is 0 Å². The fourth-order valence-corrected chi connectivity index (χ4v) is 3.84. The van der Waals surface area contributed by atoms with Crippen LogP contribution in [0.3, 0.4) is 0 Å². The van der Waals surface area contributed by atoms with Crippen molar-refractivity contribution >= 4 is 24.6 Å². The molecule has 3 atom stereocenters. The number of nitrogens with zero attached hydrogens (tertiary/aromatic N) is 1. The van der Waals surface area contributed by atoms with Crippen molar-refractivity contribution in [1.29, 1.82) is 0 Å². The average Bonchev–Trinajstić information content (AvgIpc) is 3.45. The number of nitrogens with one attached hydrogen (secondary N) is 2. The lowest BCUT2D eigenvalue weighted by molar-refractivity contribution is -0.137. The van der Waals surface area contributed by atoms with Gasteiger partial charge in [-0.3, -0.25) is 4.79 Å². The number of rotatable bonds is 7. The zero-order chi connectivity index (χ0) is 22.5. The van der Waals surface area contributed by atoms with E-state index in [0.29, 0.717) is 12.0 Å². The molecule has 10 heteroatoms. The number of carbonyl (C=O) groups is 2. The maximum Gasteiger partial charge on any atom is 0.488 e. The van der Waals surface area contributed by atoms with E-state index in [1.807, 2.05) is 12.1 Å². The van der Waals surface area contributed by atoms with Crippen LogP contribution in [-0.2, 0) is 14.3 Å². The van der Waals surface area contributed by atoms with Gasteiger partial charge in [0.15, 0.2) is 0 Å². The van der Waals surface area contributed by atoms with Gasteiger partial charge in [0.05, 0.1) is 19.3 Å². The highest BCUT2D eigenvalue weighted by Gasteiger charge is 2.38. The molecule has 0 saturated carbocycles. The van der Waals surface area contributed by atoms with Crippen LogP contribution in [0.25, 0.3) is 11.3 Å². The summed E-state index contributed by atoms with van der Waals surface area (Å²) in [6, 6.07) is 9.79. The van der Waals surface area contributed by atoms with Gasteiger partial charge in [0.25, 0.3) is 0 Å². The first-order valence-electron chi connectivity index (χ1n) is 10.2. The number of amides is 2. The molecule has 0 radical (unpaired) electrons. The summed E-state index contributed by atoms with van der Waals surface area (Å²) in [7, 11) is 1.23. The smallest absolute Gasteiger partial charge is 0.453 e. The molecule has 2 amide bonds. The number of aromatic nitrogens is 1. The molecule has 1 saturated heterocycles. The number of methoxy groups -OCH3 is 2. The minimum Gasteiger partial charge on any atom is -0.453 e. The lowest BCUT2D eigenvalue weighted by Crippen LogP contribution is -2.54. The molecule has 2 aromatic rings. The van der Waals surface area contributed by atoms with E-state index in [0.717, 1.165) is 29.8 Å². The molecule has 1 aromatic carbocycles. The Kier molecular flexibility index (Phi) is 7.37. The first kappa shape index (κ1) is 22.9. The average molecular weight is 429 g/mol. The van der Waals surface area contributed by atoms with Crippen molar-refractivity contribution in [2.45, 2.75) is 38.0 Å². The zero-order valence-corrected chi connectivity index (χ0v) is 17.9. The molecule has 4 N–H and O–H groups in total. The Hall–Kier alpha value is -2.82. The molecule has 1 aliphatic heterocycles. The fourth-order valence-electron chi connectivity index (χ4n) is 3.84. The van der Waals surface area contributed by atoms with Crippen LogP contribution < -0.4 is 10.8 Å². The number of benzene rings is 1. The minimum atomic E-state index is -1.51. The molecule has 0 unspecified atom stereocenters. The standard InChI is InChI=1S/C21H28BN3O6/c1-13(30-2)19(24-21(27)31-3)20(26)25-12-4-5-18(25)17-11-10-16(23-17)14-6-8-15(9-7-14)22(28)29/h6-11,13,18-19,23,28-29H,4-5,12H2,1-3H3,(H,24,27)/t13-,18+,19+/m1/s1. The van der Waals surface area contributed by atoms with Gasteiger partial charge in [-0.05, 0) is 42.9 Å². The number of alkyl carbamates (subject to hydrolysis) is 1. The molecule has 9 nitrogen and oxygen atoms in total. The summed E-state index contributed by atoms with van der Waals surface area (Å²) in [6.45, 7) is 2.31. The molecular weight excluding hydrogens is 401 g/mol. The lowest BCUT2D eigenvalue weighted by Gasteiger charge is -2.31. The second-order valence-corrected chi connectivity index (χ2v) is 7.57. The first-order valence-corrected chi connectivity index (χ1v) is 10.2.